The van der Waals surface area contributed by atoms with Crippen molar-refractivity contribution < 1.29 is 19.8 Å². The first-order valence-electron chi connectivity index (χ1n) is 6.79. The molecule has 1 aliphatic rings. The van der Waals surface area contributed by atoms with E-state index in [1.54, 1.807) is 12.1 Å². The van der Waals surface area contributed by atoms with E-state index < -0.39 is 5.97 Å². The normalized spacial score (nSPS) is 21.6. The summed E-state index contributed by atoms with van der Waals surface area (Å²) in [5.41, 5.74) is 1.10. The van der Waals surface area contributed by atoms with Crippen LogP contribution in [0.3, 0.4) is 0 Å². The number of phenolic OH excluding ortho intramolecular Hbond substituents is 1. The van der Waals surface area contributed by atoms with Gasteiger partial charge in [0.2, 0.25) is 0 Å². The maximum Gasteiger partial charge on any atom is 0.306 e. The number of amides is 1. The van der Waals surface area contributed by atoms with Crippen molar-refractivity contribution in [1.82, 2.24) is 5.32 Å². The number of carboxylic acids is 1. The van der Waals surface area contributed by atoms with Gasteiger partial charge in [-0.25, -0.2) is 0 Å². The number of carboxylic acid groups (broad SMARTS) is 1. The SMILES string of the molecule is Cc1ccc(C(=O)NCC2CCCC2C(=O)O)c(O)c1. The van der Waals surface area contributed by atoms with E-state index in [0.29, 0.717) is 13.0 Å². The lowest BCUT2D eigenvalue weighted by Crippen LogP contribution is -2.33. The highest BCUT2D eigenvalue weighted by molar-refractivity contribution is 5.96. The molecule has 3 N–H and O–H groups in total. The minimum atomic E-state index is -0.792. The topological polar surface area (TPSA) is 86.6 Å². The van der Waals surface area contributed by atoms with Crippen LogP contribution in [0.4, 0.5) is 0 Å². The van der Waals surface area contributed by atoms with Crippen molar-refractivity contribution in [3.05, 3.63) is 29.3 Å². The van der Waals surface area contributed by atoms with Gasteiger partial charge in [-0.15, -0.1) is 0 Å². The second kappa shape index (κ2) is 5.94. The summed E-state index contributed by atoms with van der Waals surface area (Å²) >= 11 is 0. The number of carbonyl (C=O) groups is 2. The molecule has 0 aromatic heterocycles. The standard InChI is InChI=1S/C15H19NO4/c1-9-5-6-12(13(17)7-9)14(18)16-8-10-3-2-4-11(10)15(19)20/h5-7,10-11,17H,2-4,8H2,1H3,(H,16,18)(H,19,20). The molecule has 20 heavy (non-hydrogen) atoms. The maximum absolute atomic E-state index is 12.0. The van der Waals surface area contributed by atoms with Crippen LogP contribution in [0.5, 0.6) is 5.75 Å². The molecule has 2 unspecified atom stereocenters. The van der Waals surface area contributed by atoms with Crippen LogP contribution in [-0.4, -0.2) is 28.6 Å². The third-order valence-corrected chi connectivity index (χ3v) is 3.90. The lowest BCUT2D eigenvalue weighted by atomic mass is 9.96. The molecule has 1 saturated carbocycles. The van der Waals surface area contributed by atoms with Gasteiger partial charge < -0.3 is 15.5 Å². The summed E-state index contributed by atoms with van der Waals surface area (Å²) in [6.45, 7) is 2.17. The van der Waals surface area contributed by atoms with Crippen molar-refractivity contribution in [3.8, 4) is 5.75 Å². The van der Waals surface area contributed by atoms with E-state index in [1.165, 1.54) is 6.07 Å². The fourth-order valence-electron chi connectivity index (χ4n) is 2.76. The predicted molar refractivity (Wildman–Crippen MR) is 73.6 cm³/mol. The van der Waals surface area contributed by atoms with Gasteiger partial charge in [-0.2, -0.15) is 0 Å². The number of aromatic hydroxyl groups is 1. The zero-order valence-electron chi connectivity index (χ0n) is 11.4. The van der Waals surface area contributed by atoms with E-state index in [-0.39, 0.29) is 29.1 Å². The van der Waals surface area contributed by atoms with Crippen molar-refractivity contribution in [2.45, 2.75) is 26.2 Å². The Morgan fingerprint density at radius 2 is 2.10 bits per heavy atom. The number of aryl methyl sites for hydroxylation is 1. The van der Waals surface area contributed by atoms with E-state index in [1.807, 2.05) is 6.92 Å². The zero-order chi connectivity index (χ0) is 14.7. The number of phenols is 1. The highest BCUT2D eigenvalue weighted by atomic mass is 16.4. The Hall–Kier alpha value is -2.04. The number of benzene rings is 1. The Labute approximate surface area is 117 Å². The lowest BCUT2D eigenvalue weighted by Gasteiger charge is -2.16. The molecule has 0 spiro atoms. The summed E-state index contributed by atoms with van der Waals surface area (Å²) in [5.74, 6) is -1.60. The van der Waals surface area contributed by atoms with Crippen molar-refractivity contribution in [3.63, 3.8) is 0 Å². The van der Waals surface area contributed by atoms with Gasteiger partial charge in [0.15, 0.2) is 0 Å². The Balaban J connectivity index is 1.97. The Morgan fingerprint density at radius 1 is 1.35 bits per heavy atom. The molecule has 1 aliphatic carbocycles. The lowest BCUT2D eigenvalue weighted by molar-refractivity contribution is -0.142. The number of aliphatic carboxylic acids is 1. The average molecular weight is 277 g/mol. The number of rotatable bonds is 4. The summed E-state index contributed by atoms with van der Waals surface area (Å²) < 4.78 is 0. The Morgan fingerprint density at radius 3 is 2.75 bits per heavy atom. The van der Waals surface area contributed by atoms with Crippen LogP contribution >= 0.6 is 0 Å². The summed E-state index contributed by atoms with van der Waals surface area (Å²) in [6.07, 6.45) is 2.37. The van der Waals surface area contributed by atoms with Crippen LogP contribution < -0.4 is 5.32 Å². The number of hydrogen-bond donors (Lipinski definition) is 3. The summed E-state index contributed by atoms with van der Waals surface area (Å²) in [5, 5.41) is 21.6. The second-order valence-corrected chi connectivity index (χ2v) is 5.37. The molecule has 5 heteroatoms. The van der Waals surface area contributed by atoms with Gasteiger partial charge in [-0.3, -0.25) is 9.59 Å². The van der Waals surface area contributed by atoms with Crippen LogP contribution in [0.1, 0.15) is 35.2 Å². The predicted octanol–water partition coefficient (Wildman–Crippen LogP) is 1.93. The summed E-state index contributed by atoms with van der Waals surface area (Å²) in [4.78, 5) is 23.1. The van der Waals surface area contributed by atoms with Crippen molar-refractivity contribution in [2.24, 2.45) is 11.8 Å². The summed E-state index contributed by atoms with van der Waals surface area (Å²) in [7, 11) is 0. The molecular weight excluding hydrogens is 258 g/mol. The molecule has 0 saturated heterocycles. The largest absolute Gasteiger partial charge is 0.507 e. The van der Waals surface area contributed by atoms with Gasteiger partial charge in [-0.1, -0.05) is 12.5 Å². The molecule has 0 aliphatic heterocycles. The van der Waals surface area contributed by atoms with Crippen LogP contribution in [0.15, 0.2) is 18.2 Å². The van der Waals surface area contributed by atoms with Gasteiger partial charge in [-0.05, 0) is 43.4 Å². The maximum atomic E-state index is 12.0. The number of carbonyl (C=O) groups excluding carboxylic acids is 1. The smallest absolute Gasteiger partial charge is 0.306 e. The van der Waals surface area contributed by atoms with Gasteiger partial charge in [0, 0.05) is 6.54 Å². The van der Waals surface area contributed by atoms with Gasteiger partial charge in [0.25, 0.3) is 5.91 Å². The van der Waals surface area contributed by atoms with Gasteiger partial charge in [0.1, 0.15) is 5.75 Å². The van der Waals surface area contributed by atoms with E-state index in [2.05, 4.69) is 5.32 Å². The molecule has 108 valence electrons. The molecule has 1 aromatic carbocycles. The van der Waals surface area contributed by atoms with Gasteiger partial charge >= 0.3 is 5.97 Å². The van der Waals surface area contributed by atoms with Crippen LogP contribution in [0, 0.1) is 18.8 Å². The number of nitrogens with one attached hydrogen (secondary N) is 1. The molecule has 1 amide bonds. The molecule has 0 bridgehead atoms. The fraction of sp³-hybridized carbons (Fsp3) is 0.467. The molecule has 2 atom stereocenters. The molecule has 1 fully saturated rings. The van der Waals surface area contributed by atoms with E-state index in [0.717, 1.165) is 18.4 Å². The molecule has 0 heterocycles. The molecule has 2 rings (SSSR count). The highest BCUT2D eigenvalue weighted by Gasteiger charge is 2.32. The van der Waals surface area contributed by atoms with E-state index >= 15 is 0 Å². The Bertz CT molecular complexity index is 527. The quantitative estimate of drug-likeness (QED) is 0.785. The number of hydrogen-bond acceptors (Lipinski definition) is 3. The van der Waals surface area contributed by atoms with Crippen molar-refractivity contribution in [1.29, 1.82) is 0 Å². The first-order chi connectivity index (χ1) is 9.49. The molecule has 0 radical (unpaired) electrons. The van der Waals surface area contributed by atoms with Gasteiger partial charge in [0.05, 0.1) is 11.5 Å². The minimum Gasteiger partial charge on any atom is -0.507 e. The first-order valence-corrected chi connectivity index (χ1v) is 6.79. The fourth-order valence-corrected chi connectivity index (χ4v) is 2.76. The van der Waals surface area contributed by atoms with Crippen LogP contribution in [0.25, 0.3) is 0 Å². The summed E-state index contributed by atoms with van der Waals surface area (Å²) in [6, 6.07) is 4.86. The second-order valence-electron chi connectivity index (χ2n) is 5.37. The van der Waals surface area contributed by atoms with Crippen LogP contribution in [0.2, 0.25) is 0 Å². The minimum absolute atomic E-state index is 0.0240. The molecular formula is C15H19NO4. The van der Waals surface area contributed by atoms with Crippen LogP contribution in [-0.2, 0) is 4.79 Å². The molecule has 1 aromatic rings. The third-order valence-electron chi connectivity index (χ3n) is 3.90. The third kappa shape index (κ3) is 3.10. The van der Waals surface area contributed by atoms with Crippen molar-refractivity contribution in [2.75, 3.05) is 6.54 Å². The van der Waals surface area contributed by atoms with E-state index in [9.17, 15) is 14.7 Å². The monoisotopic (exact) mass is 277 g/mol. The molecule has 5 nitrogen and oxygen atoms in total. The highest BCUT2D eigenvalue weighted by Crippen LogP contribution is 2.31. The average Bonchev–Trinajstić information content (AvgIpc) is 2.84. The van der Waals surface area contributed by atoms with E-state index in [4.69, 9.17) is 5.11 Å². The first kappa shape index (κ1) is 14.4. The zero-order valence-corrected chi connectivity index (χ0v) is 11.4. The Kier molecular flexibility index (Phi) is 4.27. The van der Waals surface area contributed by atoms with Crippen molar-refractivity contribution >= 4 is 11.9 Å².